The van der Waals surface area contributed by atoms with Crippen molar-refractivity contribution >= 4 is 17.9 Å². The minimum atomic E-state index is -5.08. The van der Waals surface area contributed by atoms with Crippen LogP contribution in [0.5, 0.6) is 0 Å². The van der Waals surface area contributed by atoms with Gasteiger partial charge < -0.3 is 19.8 Å². The number of fused-ring (bicyclic) bond motifs is 1. The molecule has 0 radical (unpaired) electrons. The number of anilines is 1. The Labute approximate surface area is 148 Å². The van der Waals surface area contributed by atoms with Crippen LogP contribution in [0, 0.1) is 11.8 Å². The number of hydrogen-bond donors (Lipinski definition) is 1. The fraction of sp³-hybridized carbons (Fsp3) is 0.600. The summed E-state index contributed by atoms with van der Waals surface area (Å²) in [5, 5.41) is 7.12. The highest BCUT2D eigenvalue weighted by molar-refractivity contribution is 5.74. The average molecular weight is 375 g/mol. The number of alkyl halides is 3. The van der Waals surface area contributed by atoms with Crippen LogP contribution in [-0.2, 0) is 4.79 Å². The molecule has 2 saturated heterocycles. The zero-order chi connectivity index (χ0) is 19.5. The van der Waals surface area contributed by atoms with Gasteiger partial charge in [-0.05, 0) is 6.07 Å². The van der Waals surface area contributed by atoms with Crippen molar-refractivity contribution in [3.05, 3.63) is 18.5 Å². The summed E-state index contributed by atoms with van der Waals surface area (Å²) in [6.45, 7) is 3.60. The minimum absolute atomic E-state index is 0.122. The number of urea groups is 1. The number of aromatic nitrogens is 2. The van der Waals surface area contributed by atoms with Crippen molar-refractivity contribution in [2.24, 2.45) is 11.8 Å². The molecule has 0 saturated carbocycles. The number of rotatable bonds is 1. The van der Waals surface area contributed by atoms with Crippen molar-refractivity contribution in [2.45, 2.75) is 6.18 Å². The van der Waals surface area contributed by atoms with Crippen LogP contribution in [0.2, 0.25) is 0 Å². The molecule has 1 N–H and O–H groups in total. The summed E-state index contributed by atoms with van der Waals surface area (Å²) in [7, 11) is 3.61. The second-order valence-electron chi connectivity index (χ2n) is 6.36. The Balaban J connectivity index is 0.000000298. The third-order valence-electron chi connectivity index (χ3n) is 4.22. The molecule has 3 heterocycles. The number of hydrogen-bond acceptors (Lipinski definition) is 5. The number of carbonyl (C=O) groups excluding carboxylic acids is 1. The number of nitrogens with zero attached hydrogens (tertiary/aromatic N) is 5. The minimum Gasteiger partial charge on any atom is -0.475 e. The maximum atomic E-state index is 11.9. The Hall–Kier alpha value is -2.59. The van der Waals surface area contributed by atoms with E-state index in [-0.39, 0.29) is 6.03 Å². The normalized spacial score (nSPS) is 21.7. The van der Waals surface area contributed by atoms with Gasteiger partial charge in [0.05, 0.1) is 0 Å². The first-order valence-electron chi connectivity index (χ1n) is 7.88. The number of carboxylic acids is 1. The fourth-order valence-corrected chi connectivity index (χ4v) is 3.05. The molecule has 1 aromatic rings. The van der Waals surface area contributed by atoms with Crippen molar-refractivity contribution in [3.63, 3.8) is 0 Å². The van der Waals surface area contributed by atoms with E-state index in [0.717, 1.165) is 32.1 Å². The topological polar surface area (TPSA) is 89.9 Å². The predicted molar refractivity (Wildman–Crippen MR) is 85.6 cm³/mol. The number of likely N-dealkylation sites (tertiary alicyclic amines) is 1. The maximum Gasteiger partial charge on any atom is 0.490 e. The Morgan fingerprint density at radius 2 is 1.58 bits per heavy atom. The van der Waals surface area contributed by atoms with Crippen molar-refractivity contribution < 1.29 is 27.9 Å². The van der Waals surface area contributed by atoms with Crippen LogP contribution in [0.25, 0.3) is 0 Å². The van der Waals surface area contributed by atoms with E-state index >= 15 is 0 Å². The van der Waals surface area contributed by atoms with Gasteiger partial charge in [0.25, 0.3) is 0 Å². The van der Waals surface area contributed by atoms with Crippen LogP contribution in [0.1, 0.15) is 0 Å². The molecule has 8 nitrogen and oxygen atoms in total. The van der Waals surface area contributed by atoms with Gasteiger partial charge in [-0.3, -0.25) is 0 Å². The van der Waals surface area contributed by atoms with E-state index < -0.39 is 12.1 Å². The molecule has 3 rings (SSSR count). The van der Waals surface area contributed by atoms with Crippen LogP contribution in [-0.4, -0.2) is 83.3 Å². The molecule has 11 heteroatoms. The zero-order valence-electron chi connectivity index (χ0n) is 14.3. The molecule has 2 aliphatic heterocycles. The number of aliphatic carboxylic acids is 1. The van der Waals surface area contributed by atoms with Gasteiger partial charge in [-0.15, -0.1) is 0 Å². The molecule has 2 unspecified atom stereocenters. The summed E-state index contributed by atoms with van der Waals surface area (Å²) in [6, 6.07) is 1.95. The maximum absolute atomic E-state index is 11.9. The number of carbonyl (C=O) groups is 2. The average Bonchev–Trinajstić information content (AvgIpc) is 3.13. The highest BCUT2D eigenvalue weighted by atomic mass is 19.4. The second-order valence-corrected chi connectivity index (χ2v) is 6.36. The Kier molecular flexibility index (Phi) is 5.88. The molecule has 0 aromatic carbocycles. The van der Waals surface area contributed by atoms with Crippen molar-refractivity contribution in [3.8, 4) is 0 Å². The standard InChI is InChI=1S/C13H19N5O.C2HF3O2/c1-16(2)13(19)18-8-10-6-17(7-11(10)9-18)12-14-4-3-5-15-12;3-2(4,5)1(6)7/h3-5,10-11H,6-9H2,1-2H3;(H,6,7). The van der Waals surface area contributed by atoms with Crippen LogP contribution in [0.15, 0.2) is 18.5 Å². The van der Waals surface area contributed by atoms with E-state index in [9.17, 15) is 18.0 Å². The third-order valence-corrected chi connectivity index (χ3v) is 4.22. The van der Waals surface area contributed by atoms with Crippen LogP contribution >= 0.6 is 0 Å². The van der Waals surface area contributed by atoms with Gasteiger partial charge in [0.1, 0.15) is 0 Å². The quantitative estimate of drug-likeness (QED) is 0.792. The summed E-state index contributed by atoms with van der Waals surface area (Å²) in [5.74, 6) is -0.852. The summed E-state index contributed by atoms with van der Waals surface area (Å²) in [6.07, 6.45) is -1.53. The summed E-state index contributed by atoms with van der Waals surface area (Å²) >= 11 is 0. The first kappa shape index (κ1) is 19.7. The molecule has 144 valence electrons. The predicted octanol–water partition coefficient (Wildman–Crippen LogP) is 1.16. The first-order chi connectivity index (χ1) is 12.1. The van der Waals surface area contributed by atoms with Crippen molar-refractivity contribution in [1.29, 1.82) is 0 Å². The molecule has 2 fully saturated rings. The van der Waals surface area contributed by atoms with E-state index in [1.807, 2.05) is 11.0 Å². The highest BCUT2D eigenvalue weighted by Crippen LogP contribution is 2.32. The number of carboxylic acid groups (broad SMARTS) is 1. The molecule has 2 amide bonds. The fourth-order valence-electron chi connectivity index (χ4n) is 3.05. The van der Waals surface area contributed by atoms with Crippen LogP contribution in [0.4, 0.5) is 23.9 Å². The van der Waals surface area contributed by atoms with Gasteiger partial charge in [-0.25, -0.2) is 19.6 Å². The lowest BCUT2D eigenvalue weighted by Gasteiger charge is -2.24. The van der Waals surface area contributed by atoms with Gasteiger partial charge in [0, 0.05) is 64.5 Å². The smallest absolute Gasteiger partial charge is 0.475 e. The molecule has 0 aliphatic carbocycles. The Morgan fingerprint density at radius 1 is 1.12 bits per heavy atom. The monoisotopic (exact) mass is 375 g/mol. The van der Waals surface area contributed by atoms with Gasteiger partial charge in [-0.1, -0.05) is 0 Å². The summed E-state index contributed by atoms with van der Waals surface area (Å²) in [5.41, 5.74) is 0. The number of amides is 2. The molecular weight excluding hydrogens is 355 g/mol. The molecule has 2 atom stereocenters. The number of halogens is 3. The van der Waals surface area contributed by atoms with E-state index in [1.54, 1.807) is 31.4 Å². The molecule has 2 aliphatic rings. The van der Waals surface area contributed by atoms with Gasteiger partial charge in [0.15, 0.2) is 0 Å². The van der Waals surface area contributed by atoms with Gasteiger partial charge >= 0.3 is 18.2 Å². The zero-order valence-corrected chi connectivity index (χ0v) is 14.3. The molecule has 0 bridgehead atoms. The molecule has 26 heavy (non-hydrogen) atoms. The molecular formula is C15H20F3N5O3. The lowest BCUT2D eigenvalue weighted by atomic mass is 10.0. The van der Waals surface area contributed by atoms with E-state index in [0.29, 0.717) is 11.8 Å². The second kappa shape index (κ2) is 7.75. The lowest BCUT2D eigenvalue weighted by Crippen LogP contribution is -2.39. The van der Waals surface area contributed by atoms with E-state index in [2.05, 4.69) is 14.9 Å². The first-order valence-corrected chi connectivity index (χ1v) is 7.88. The van der Waals surface area contributed by atoms with E-state index in [1.165, 1.54) is 0 Å². The van der Waals surface area contributed by atoms with Crippen LogP contribution < -0.4 is 4.90 Å². The summed E-state index contributed by atoms with van der Waals surface area (Å²) < 4.78 is 31.7. The molecule has 1 aromatic heterocycles. The Bertz CT molecular complexity index is 627. The highest BCUT2D eigenvalue weighted by Gasteiger charge is 2.42. The third kappa shape index (κ3) is 4.73. The van der Waals surface area contributed by atoms with Crippen molar-refractivity contribution in [1.82, 2.24) is 19.8 Å². The van der Waals surface area contributed by atoms with Gasteiger partial charge in [0.2, 0.25) is 5.95 Å². The lowest BCUT2D eigenvalue weighted by molar-refractivity contribution is -0.192. The van der Waals surface area contributed by atoms with Crippen LogP contribution in [0.3, 0.4) is 0 Å². The van der Waals surface area contributed by atoms with Gasteiger partial charge in [-0.2, -0.15) is 13.2 Å². The largest absolute Gasteiger partial charge is 0.490 e. The SMILES string of the molecule is CN(C)C(=O)N1CC2CN(c3ncccn3)CC2C1.O=C(O)C(F)(F)F. The van der Waals surface area contributed by atoms with E-state index in [4.69, 9.17) is 9.90 Å². The van der Waals surface area contributed by atoms with Crippen molar-refractivity contribution in [2.75, 3.05) is 45.2 Å². The summed E-state index contributed by atoms with van der Waals surface area (Å²) in [4.78, 5) is 35.3. The molecule has 0 spiro atoms. The Morgan fingerprint density at radius 3 is 1.96 bits per heavy atom.